The number of hydrogen-bond donors (Lipinski definition) is 10. The first kappa shape index (κ1) is 32.5. The van der Waals surface area contributed by atoms with E-state index < -0.39 is 11.9 Å². The quantitative estimate of drug-likeness (QED) is 0.131. The van der Waals surface area contributed by atoms with Gasteiger partial charge in [0.15, 0.2) is 11.9 Å². The molecule has 1 fully saturated rings. The van der Waals surface area contributed by atoms with Gasteiger partial charge in [-0.3, -0.25) is 19.2 Å². The lowest BCUT2D eigenvalue weighted by Crippen LogP contribution is -2.53. The van der Waals surface area contributed by atoms with Crippen molar-refractivity contribution in [3.63, 3.8) is 0 Å². The molecule has 4 aromatic heterocycles. The monoisotopic (exact) mass is 660 g/mol. The molecular weight excluding hydrogens is 628 g/mol. The number of imidazole rings is 2. The van der Waals surface area contributed by atoms with Gasteiger partial charge >= 0.3 is 0 Å². The van der Waals surface area contributed by atoms with Crippen LogP contribution in [0.1, 0.15) is 58.0 Å². The van der Waals surface area contributed by atoms with E-state index in [0.29, 0.717) is 36.4 Å². The maximum Gasteiger partial charge on any atom is 0.300 e. The van der Waals surface area contributed by atoms with Crippen LogP contribution in [0.5, 0.6) is 0 Å². The first-order chi connectivity index (χ1) is 20.4. The van der Waals surface area contributed by atoms with Gasteiger partial charge in [-0.25, -0.2) is 9.97 Å². The van der Waals surface area contributed by atoms with E-state index in [1.807, 2.05) is 0 Å². The highest BCUT2D eigenvalue weighted by molar-refractivity contribution is 9.10. The highest BCUT2D eigenvalue weighted by Gasteiger charge is 2.53. The van der Waals surface area contributed by atoms with Crippen molar-refractivity contribution in [2.24, 2.45) is 11.8 Å². The molecule has 4 atom stereocenters. The van der Waals surface area contributed by atoms with Crippen LogP contribution >= 0.6 is 15.9 Å². The number of nitrogen functional groups attached to an aromatic ring is 2. The Morgan fingerprint density at radius 3 is 1.67 bits per heavy atom. The van der Waals surface area contributed by atoms with Crippen LogP contribution in [0.4, 0.5) is 11.9 Å². The standard InChI is InChI=1S/C22H25BrN10O2.2C2H4O2/c23-10-4-14(27-5-10)20(35)29-7-12-11(6-28-19(34)13-2-1-3-26-13)17(15-8-30-21(24)32-15)18(12)16-9-31-22(25)33-16;2*1-2(3)4/h1-5,8-9,11-12,17-18,26-27H,6-7H2,(H,28,34)(H,29,35)(H3,24,30,32)(H3,25,31,33);2*1H3,(H,3,4)/t11-,12-,17-,18-;;/m1../s1. The summed E-state index contributed by atoms with van der Waals surface area (Å²) in [5, 5.41) is 20.9. The third-order valence-corrected chi connectivity index (χ3v) is 7.00. The molecule has 0 unspecified atom stereocenters. The number of carboxylic acids is 2. The van der Waals surface area contributed by atoms with Gasteiger partial charge in [0.1, 0.15) is 11.4 Å². The molecule has 1 aliphatic carbocycles. The van der Waals surface area contributed by atoms with Crippen molar-refractivity contribution in [1.29, 1.82) is 0 Å². The van der Waals surface area contributed by atoms with Crippen LogP contribution in [0.15, 0.2) is 47.5 Å². The minimum absolute atomic E-state index is 0.0287. The molecule has 43 heavy (non-hydrogen) atoms. The molecule has 0 saturated heterocycles. The number of aromatic nitrogens is 6. The Kier molecular flexibility index (Phi) is 11.1. The number of amides is 2. The fourth-order valence-electron chi connectivity index (χ4n) is 4.95. The molecule has 230 valence electrons. The highest BCUT2D eigenvalue weighted by Crippen LogP contribution is 2.56. The molecule has 17 heteroatoms. The number of carbonyl (C=O) groups excluding carboxylic acids is 2. The number of nitrogens with zero attached hydrogens (tertiary/aromatic N) is 2. The lowest BCUT2D eigenvalue weighted by Gasteiger charge is -2.51. The first-order valence-corrected chi connectivity index (χ1v) is 13.7. The second-order valence-electron chi connectivity index (χ2n) is 9.60. The van der Waals surface area contributed by atoms with E-state index in [0.717, 1.165) is 29.7 Å². The summed E-state index contributed by atoms with van der Waals surface area (Å²) in [6.45, 7) is 2.93. The third kappa shape index (κ3) is 8.96. The Labute approximate surface area is 253 Å². The molecule has 0 aromatic carbocycles. The molecule has 4 heterocycles. The molecular formula is C26H33BrN10O6. The minimum atomic E-state index is -0.833. The van der Waals surface area contributed by atoms with Crippen molar-refractivity contribution in [2.45, 2.75) is 25.7 Å². The lowest BCUT2D eigenvalue weighted by atomic mass is 9.54. The Morgan fingerprint density at radius 2 is 1.33 bits per heavy atom. The van der Waals surface area contributed by atoms with Gasteiger partial charge < -0.3 is 52.2 Å². The van der Waals surface area contributed by atoms with Gasteiger partial charge in [-0.1, -0.05) is 0 Å². The molecule has 5 rings (SSSR count). The van der Waals surface area contributed by atoms with Crippen LogP contribution in [0.3, 0.4) is 0 Å². The number of H-pyrrole nitrogens is 4. The summed E-state index contributed by atoms with van der Waals surface area (Å²) in [7, 11) is 0. The van der Waals surface area contributed by atoms with E-state index in [1.165, 1.54) is 0 Å². The van der Waals surface area contributed by atoms with Crippen molar-refractivity contribution in [3.8, 4) is 0 Å². The van der Waals surface area contributed by atoms with Crippen molar-refractivity contribution >= 4 is 51.6 Å². The summed E-state index contributed by atoms with van der Waals surface area (Å²) >= 11 is 3.35. The van der Waals surface area contributed by atoms with Gasteiger partial charge in [-0.15, -0.1) is 0 Å². The van der Waals surface area contributed by atoms with E-state index in [-0.39, 0.29) is 35.5 Å². The first-order valence-electron chi connectivity index (χ1n) is 12.9. The molecule has 16 nitrogen and oxygen atoms in total. The smallest absolute Gasteiger partial charge is 0.300 e. The second-order valence-corrected chi connectivity index (χ2v) is 10.5. The largest absolute Gasteiger partial charge is 0.481 e. The van der Waals surface area contributed by atoms with E-state index in [2.05, 4.69) is 56.5 Å². The minimum Gasteiger partial charge on any atom is -0.481 e. The number of carbonyl (C=O) groups is 4. The van der Waals surface area contributed by atoms with Gasteiger partial charge in [-0.05, 0) is 46.0 Å². The molecule has 4 aromatic rings. The molecule has 1 aliphatic rings. The zero-order valence-corrected chi connectivity index (χ0v) is 24.8. The number of halogens is 1. The van der Waals surface area contributed by atoms with Crippen molar-refractivity contribution in [3.05, 3.63) is 70.2 Å². The van der Waals surface area contributed by atoms with Crippen LogP contribution < -0.4 is 22.1 Å². The predicted octanol–water partition coefficient (Wildman–Crippen LogP) is 1.87. The fourth-order valence-corrected chi connectivity index (χ4v) is 5.29. The van der Waals surface area contributed by atoms with Crippen LogP contribution in [0.25, 0.3) is 0 Å². The Morgan fingerprint density at radius 1 is 0.860 bits per heavy atom. The maximum absolute atomic E-state index is 12.7. The molecule has 2 amide bonds. The number of nitrogens with one attached hydrogen (secondary N) is 6. The summed E-state index contributed by atoms with van der Waals surface area (Å²) < 4.78 is 0.791. The van der Waals surface area contributed by atoms with Crippen LogP contribution in [0, 0.1) is 11.8 Å². The fraction of sp³-hybridized carbons (Fsp3) is 0.308. The Bertz CT molecular complexity index is 1510. The van der Waals surface area contributed by atoms with Crippen molar-refractivity contribution in [1.82, 2.24) is 40.5 Å². The Balaban J connectivity index is 0.000000566. The van der Waals surface area contributed by atoms with Gasteiger partial charge in [-0.2, -0.15) is 0 Å². The molecule has 1 saturated carbocycles. The molecule has 12 N–H and O–H groups in total. The Hall–Kier alpha value is -5.06. The predicted molar refractivity (Wildman–Crippen MR) is 159 cm³/mol. The number of aromatic amines is 4. The van der Waals surface area contributed by atoms with E-state index in [1.54, 1.807) is 43.0 Å². The normalized spacial score (nSPS) is 18.6. The number of rotatable bonds is 8. The van der Waals surface area contributed by atoms with E-state index in [9.17, 15) is 9.59 Å². The average Bonchev–Trinajstić information content (AvgIpc) is 3.72. The molecule has 0 radical (unpaired) electrons. The number of carboxylic acid groups (broad SMARTS) is 2. The molecule has 0 aliphatic heterocycles. The van der Waals surface area contributed by atoms with Crippen molar-refractivity contribution < 1.29 is 29.4 Å². The zero-order chi connectivity index (χ0) is 31.7. The SMILES string of the molecule is CC(=O)O.CC(=O)O.Nc1ncc([C@H]2[C@H](CNC(=O)c3ccc[nH]3)[C@@H](CNC(=O)c3cc(Br)c[nH]3)[C@@H]2c2cnc(N)[nH]2)[nH]1. The average molecular weight is 662 g/mol. The maximum atomic E-state index is 12.7. The van der Waals surface area contributed by atoms with Crippen LogP contribution in [-0.2, 0) is 9.59 Å². The highest BCUT2D eigenvalue weighted by atomic mass is 79.9. The number of nitrogens with two attached hydrogens (primary N) is 2. The molecule has 0 spiro atoms. The van der Waals surface area contributed by atoms with Gasteiger partial charge in [0, 0.05) is 67.0 Å². The van der Waals surface area contributed by atoms with Crippen LogP contribution in [-0.4, -0.2) is 77.0 Å². The van der Waals surface area contributed by atoms with Gasteiger partial charge in [0.2, 0.25) is 0 Å². The number of anilines is 2. The topological polar surface area (TPSA) is 274 Å². The lowest BCUT2D eigenvalue weighted by molar-refractivity contribution is -0.135. The summed E-state index contributed by atoms with van der Waals surface area (Å²) in [5.41, 5.74) is 14.4. The summed E-state index contributed by atoms with van der Waals surface area (Å²) in [6, 6.07) is 5.20. The summed E-state index contributed by atoms with van der Waals surface area (Å²) in [6.07, 6.45) is 6.81. The van der Waals surface area contributed by atoms with Gasteiger partial charge in [0.05, 0.1) is 12.4 Å². The number of hydrogen-bond acceptors (Lipinski definition) is 8. The van der Waals surface area contributed by atoms with Crippen LogP contribution in [0.2, 0.25) is 0 Å². The van der Waals surface area contributed by atoms with Crippen molar-refractivity contribution in [2.75, 3.05) is 24.6 Å². The molecule has 0 bridgehead atoms. The van der Waals surface area contributed by atoms with Gasteiger partial charge in [0.25, 0.3) is 23.8 Å². The zero-order valence-electron chi connectivity index (χ0n) is 23.2. The van der Waals surface area contributed by atoms with E-state index >= 15 is 0 Å². The van der Waals surface area contributed by atoms with E-state index in [4.69, 9.17) is 31.3 Å². The second kappa shape index (κ2) is 14.7. The summed E-state index contributed by atoms with van der Waals surface area (Å²) in [4.78, 5) is 63.8. The third-order valence-electron chi connectivity index (χ3n) is 6.54. The summed E-state index contributed by atoms with van der Waals surface area (Å²) in [5.74, 6) is -1.66. The number of aliphatic carboxylic acids is 2.